The Balaban J connectivity index is 1.81. The first-order valence-corrected chi connectivity index (χ1v) is 8.26. The monoisotopic (exact) mass is 350 g/mol. The summed E-state index contributed by atoms with van der Waals surface area (Å²) in [5.74, 6) is 1.83. The Bertz CT molecular complexity index is 672. The van der Waals surface area contributed by atoms with Gasteiger partial charge in [0, 0.05) is 24.7 Å². The number of nitrogens with one attached hydrogen (secondary N) is 1. The summed E-state index contributed by atoms with van der Waals surface area (Å²) in [6, 6.07) is 8.77. The number of ether oxygens (including phenoxy) is 1. The molecule has 0 spiro atoms. The van der Waals surface area contributed by atoms with Gasteiger partial charge in [-0.3, -0.25) is 5.32 Å². The molecule has 0 aliphatic rings. The van der Waals surface area contributed by atoms with Crippen molar-refractivity contribution in [2.75, 3.05) is 25.5 Å². The number of aromatic nitrogens is 2. The number of rotatable bonds is 7. The Morgan fingerprint density at radius 2 is 2.21 bits per heavy atom. The van der Waals surface area contributed by atoms with E-state index in [-0.39, 0.29) is 6.03 Å². The minimum atomic E-state index is -0.199. The van der Waals surface area contributed by atoms with E-state index in [2.05, 4.69) is 24.3 Å². The summed E-state index contributed by atoms with van der Waals surface area (Å²) in [6.45, 7) is 5.80. The molecule has 7 heteroatoms. The van der Waals surface area contributed by atoms with E-state index in [0.717, 1.165) is 6.54 Å². The van der Waals surface area contributed by atoms with Gasteiger partial charge in [0.25, 0.3) is 0 Å². The van der Waals surface area contributed by atoms with E-state index in [1.807, 2.05) is 12.1 Å². The summed E-state index contributed by atoms with van der Waals surface area (Å²) in [4.78, 5) is 13.8. The third-order valence-electron chi connectivity index (χ3n) is 3.33. The highest BCUT2D eigenvalue weighted by Gasteiger charge is 2.12. The Labute approximate surface area is 147 Å². The van der Waals surface area contributed by atoms with Crippen LogP contribution in [0.5, 0.6) is 5.75 Å². The van der Waals surface area contributed by atoms with E-state index in [9.17, 15) is 4.79 Å². The summed E-state index contributed by atoms with van der Waals surface area (Å²) in [7, 11) is 1.72. The van der Waals surface area contributed by atoms with Crippen molar-refractivity contribution < 1.29 is 9.53 Å². The molecule has 0 aliphatic heterocycles. The lowest BCUT2D eigenvalue weighted by Crippen LogP contribution is -2.35. The van der Waals surface area contributed by atoms with Gasteiger partial charge in [0.05, 0.1) is 12.7 Å². The molecule has 0 aliphatic carbocycles. The molecular weight excluding hydrogens is 328 g/mol. The first-order chi connectivity index (χ1) is 11.5. The Kier molecular flexibility index (Phi) is 6.49. The molecule has 0 radical (unpaired) electrons. The van der Waals surface area contributed by atoms with Crippen molar-refractivity contribution in [2.45, 2.75) is 20.4 Å². The van der Waals surface area contributed by atoms with Gasteiger partial charge in [-0.1, -0.05) is 31.5 Å². The number of likely N-dealkylation sites (N-methyl/N-ethyl adjacent to an activating group) is 1. The SMILES string of the molecule is CC(C)Cn1nccc1NC(=O)N(C)CCOc1cccc(Cl)c1. The molecule has 24 heavy (non-hydrogen) atoms. The van der Waals surface area contributed by atoms with Gasteiger partial charge in [-0.15, -0.1) is 0 Å². The molecule has 130 valence electrons. The summed E-state index contributed by atoms with van der Waals surface area (Å²) in [5.41, 5.74) is 0. The Hall–Kier alpha value is -2.21. The van der Waals surface area contributed by atoms with Crippen LogP contribution in [0.3, 0.4) is 0 Å². The number of carbonyl (C=O) groups is 1. The zero-order chi connectivity index (χ0) is 17.5. The fraction of sp³-hybridized carbons (Fsp3) is 0.412. The Morgan fingerprint density at radius 3 is 2.92 bits per heavy atom. The van der Waals surface area contributed by atoms with Gasteiger partial charge < -0.3 is 9.64 Å². The fourth-order valence-corrected chi connectivity index (χ4v) is 2.27. The average Bonchev–Trinajstić information content (AvgIpc) is 2.93. The number of hydrogen-bond acceptors (Lipinski definition) is 3. The molecule has 1 heterocycles. The van der Waals surface area contributed by atoms with Crippen LogP contribution in [0, 0.1) is 5.92 Å². The van der Waals surface area contributed by atoms with Crippen molar-refractivity contribution in [1.29, 1.82) is 0 Å². The lowest BCUT2D eigenvalue weighted by atomic mass is 10.2. The fourth-order valence-electron chi connectivity index (χ4n) is 2.09. The maximum Gasteiger partial charge on any atom is 0.322 e. The molecule has 6 nitrogen and oxygen atoms in total. The second-order valence-corrected chi connectivity index (χ2v) is 6.39. The molecule has 1 N–H and O–H groups in total. The van der Waals surface area contributed by atoms with E-state index in [1.165, 1.54) is 0 Å². The number of anilines is 1. The average molecular weight is 351 g/mol. The van der Waals surface area contributed by atoms with Gasteiger partial charge in [-0.25, -0.2) is 9.48 Å². The van der Waals surface area contributed by atoms with Crippen LogP contribution in [0.15, 0.2) is 36.5 Å². The van der Waals surface area contributed by atoms with Crippen LogP contribution >= 0.6 is 11.6 Å². The molecule has 2 rings (SSSR count). The van der Waals surface area contributed by atoms with Crippen LogP contribution in [0.4, 0.5) is 10.6 Å². The number of hydrogen-bond donors (Lipinski definition) is 1. The van der Waals surface area contributed by atoms with Crippen LogP contribution in [0.2, 0.25) is 5.02 Å². The van der Waals surface area contributed by atoms with Crippen molar-refractivity contribution in [3.05, 3.63) is 41.6 Å². The van der Waals surface area contributed by atoms with Crippen LogP contribution in [-0.4, -0.2) is 40.9 Å². The molecule has 0 bridgehead atoms. The first-order valence-electron chi connectivity index (χ1n) is 7.88. The van der Waals surface area contributed by atoms with E-state index < -0.39 is 0 Å². The standard InChI is InChI=1S/C17H23ClN4O2/c1-13(2)12-22-16(7-8-19-22)20-17(23)21(3)9-10-24-15-6-4-5-14(18)11-15/h4-8,11,13H,9-10,12H2,1-3H3,(H,20,23). The van der Waals surface area contributed by atoms with Gasteiger partial charge in [-0.2, -0.15) is 5.10 Å². The highest BCUT2D eigenvalue weighted by molar-refractivity contribution is 6.30. The molecule has 1 aromatic heterocycles. The summed E-state index contributed by atoms with van der Waals surface area (Å²) < 4.78 is 7.39. The number of amides is 2. The number of halogens is 1. The minimum Gasteiger partial charge on any atom is -0.492 e. The van der Waals surface area contributed by atoms with E-state index in [4.69, 9.17) is 16.3 Å². The third-order valence-corrected chi connectivity index (χ3v) is 3.56. The topological polar surface area (TPSA) is 59.4 Å². The molecule has 2 amide bonds. The van der Waals surface area contributed by atoms with Crippen molar-refractivity contribution in [2.24, 2.45) is 5.92 Å². The molecule has 0 unspecified atom stereocenters. The van der Waals surface area contributed by atoms with Crippen LogP contribution in [-0.2, 0) is 6.54 Å². The zero-order valence-electron chi connectivity index (χ0n) is 14.2. The molecule has 0 fully saturated rings. The molecule has 0 saturated carbocycles. The van der Waals surface area contributed by atoms with Crippen molar-refractivity contribution in [1.82, 2.24) is 14.7 Å². The first kappa shape index (κ1) is 18.1. The second-order valence-electron chi connectivity index (χ2n) is 5.95. The number of benzene rings is 1. The smallest absolute Gasteiger partial charge is 0.322 e. The van der Waals surface area contributed by atoms with Crippen LogP contribution in [0.25, 0.3) is 0 Å². The summed E-state index contributed by atoms with van der Waals surface area (Å²) in [5, 5.41) is 7.71. The van der Waals surface area contributed by atoms with Crippen molar-refractivity contribution >= 4 is 23.4 Å². The summed E-state index contributed by atoms with van der Waals surface area (Å²) >= 11 is 5.90. The maximum atomic E-state index is 12.2. The quantitative estimate of drug-likeness (QED) is 0.827. The van der Waals surface area contributed by atoms with Crippen LogP contribution in [0.1, 0.15) is 13.8 Å². The van der Waals surface area contributed by atoms with Gasteiger partial charge in [0.15, 0.2) is 0 Å². The lowest BCUT2D eigenvalue weighted by molar-refractivity contribution is 0.207. The number of urea groups is 1. The minimum absolute atomic E-state index is 0.199. The second kappa shape index (κ2) is 8.59. The van der Waals surface area contributed by atoms with Crippen LogP contribution < -0.4 is 10.1 Å². The lowest BCUT2D eigenvalue weighted by Gasteiger charge is -2.19. The van der Waals surface area contributed by atoms with E-state index in [1.54, 1.807) is 41.0 Å². The van der Waals surface area contributed by atoms with Gasteiger partial charge in [0.2, 0.25) is 0 Å². The third kappa shape index (κ3) is 5.45. The predicted molar refractivity (Wildman–Crippen MR) is 95.7 cm³/mol. The summed E-state index contributed by atoms with van der Waals surface area (Å²) in [6.07, 6.45) is 1.68. The van der Waals surface area contributed by atoms with Gasteiger partial charge in [-0.05, 0) is 24.1 Å². The maximum absolute atomic E-state index is 12.2. The van der Waals surface area contributed by atoms with Crippen molar-refractivity contribution in [3.63, 3.8) is 0 Å². The van der Waals surface area contributed by atoms with Gasteiger partial charge in [0.1, 0.15) is 18.2 Å². The van der Waals surface area contributed by atoms with Crippen molar-refractivity contribution in [3.8, 4) is 5.75 Å². The van der Waals surface area contributed by atoms with Gasteiger partial charge >= 0.3 is 6.03 Å². The molecule has 0 atom stereocenters. The largest absolute Gasteiger partial charge is 0.492 e. The molecule has 2 aromatic rings. The molecule has 0 saturated heterocycles. The predicted octanol–water partition coefficient (Wildman–Crippen LogP) is 3.74. The molecular formula is C17H23ClN4O2. The highest BCUT2D eigenvalue weighted by atomic mass is 35.5. The number of carbonyl (C=O) groups excluding carboxylic acids is 1. The molecule has 1 aromatic carbocycles. The van der Waals surface area contributed by atoms with E-state index in [0.29, 0.717) is 35.7 Å². The normalized spacial score (nSPS) is 10.7. The number of nitrogens with zero attached hydrogens (tertiary/aromatic N) is 3. The highest BCUT2D eigenvalue weighted by Crippen LogP contribution is 2.17. The zero-order valence-corrected chi connectivity index (χ0v) is 15.0. The Morgan fingerprint density at radius 1 is 1.42 bits per heavy atom. The van der Waals surface area contributed by atoms with E-state index >= 15 is 0 Å².